The lowest BCUT2D eigenvalue weighted by atomic mass is 10.2. The molecule has 21 heavy (non-hydrogen) atoms. The molecule has 0 atom stereocenters. The molecule has 3 nitrogen and oxygen atoms in total. The van der Waals surface area contributed by atoms with Crippen molar-refractivity contribution in [1.29, 1.82) is 0 Å². The molecule has 2 N–H and O–H groups in total. The standard InChI is InChI=1S/C14H19F3N2OS/c1-10(2)6-7-21-9-13(20)19-18-12-5-3-4-11(8-12)14(15,16)17/h3-5,8,10,18H,6-7,9H2,1-2H3,(H,19,20). The summed E-state index contributed by atoms with van der Waals surface area (Å²) < 4.78 is 37.6. The maximum Gasteiger partial charge on any atom is 0.416 e. The van der Waals surface area contributed by atoms with Crippen molar-refractivity contribution in [3.63, 3.8) is 0 Å². The predicted octanol–water partition coefficient (Wildman–Crippen LogP) is 3.93. The third-order valence-electron chi connectivity index (χ3n) is 2.61. The maximum atomic E-state index is 12.5. The van der Waals surface area contributed by atoms with Crippen molar-refractivity contribution in [2.45, 2.75) is 26.4 Å². The van der Waals surface area contributed by atoms with Gasteiger partial charge in [0.05, 0.1) is 17.0 Å². The number of alkyl halides is 3. The summed E-state index contributed by atoms with van der Waals surface area (Å²) in [4.78, 5) is 11.5. The summed E-state index contributed by atoms with van der Waals surface area (Å²) >= 11 is 1.50. The van der Waals surface area contributed by atoms with Gasteiger partial charge in [0.15, 0.2) is 0 Å². The molecular weight excluding hydrogens is 301 g/mol. The van der Waals surface area contributed by atoms with Gasteiger partial charge in [0.1, 0.15) is 0 Å². The van der Waals surface area contributed by atoms with Crippen LogP contribution in [0.1, 0.15) is 25.8 Å². The number of hydrogen-bond acceptors (Lipinski definition) is 3. The van der Waals surface area contributed by atoms with Gasteiger partial charge in [-0.25, -0.2) is 0 Å². The van der Waals surface area contributed by atoms with Crippen LogP contribution in [0.3, 0.4) is 0 Å². The molecule has 0 aromatic heterocycles. The Labute approximate surface area is 126 Å². The molecule has 1 amide bonds. The zero-order chi connectivity index (χ0) is 15.9. The molecule has 7 heteroatoms. The van der Waals surface area contributed by atoms with Gasteiger partial charge in [-0.1, -0.05) is 19.9 Å². The Hall–Kier alpha value is -1.37. The number of amides is 1. The van der Waals surface area contributed by atoms with Gasteiger partial charge in [-0.15, -0.1) is 0 Å². The maximum absolute atomic E-state index is 12.5. The normalized spacial score (nSPS) is 11.5. The third-order valence-corrected chi connectivity index (χ3v) is 3.60. The molecule has 0 spiro atoms. The summed E-state index contributed by atoms with van der Waals surface area (Å²) in [5, 5.41) is 0. The SMILES string of the molecule is CC(C)CCSCC(=O)NNc1cccc(C(F)(F)F)c1. The van der Waals surface area contributed by atoms with Crippen LogP contribution in [0, 0.1) is 5.92 Å². The summed E-state index contributed by atoms with van der Waals surface area (Å²) in [5.41, 5.74) is 4.33. The molecule has 0 saturated heterocycles. The highest BCUT2D eigenvalue weighted by atomic mass is 32.2. The summed E-state index contributed by atoms with van der Waals surface area (Å²) in [6.45, 7) is 4.21. The Balaban J connectivity index is 2.36. The van der Waals surface area contributed by atoms with Crippen molar-refractivity contribution in [1.82, 2.24) is 5.43 Å². The molecule has 0 aliphatic rings. The minimum atomic E-state index is -4.39. The Bertz CT molecular complexity index is 464. The highest BCUT2D eigenvalue weighted by Gasteiger charge is 2.30. The van der Waals surface area contributed by atoms with E-state index < -0.39 is 11.7 Å². The van der Waals surface area contributed by atoms with Crippen LogP contribution in [0.15, 0.2) is 24.3 Å². The van der Waals surface area contributed by atoms with Crippen molar-refractivity contribution < 1.29 is 18.0 Å². The average Bonchev–Trinajstić information content (AvgIpc) is 2.40. The fraction of sp³-hybridized carbons (Fsp3) is 0.500. The number of hydrazine groups is 1. The summed E-state index contributed by atoms with van der Waals surface area (Å²) in [5.74, 6) is 1.48. The molecule has 0 saturated carbocycles. The number of carbonyl (C=O) groups is 1. The van der Waals surface area contributed by atoms with Gasteiger partial charge in [-0.3, -0.25) is 15.6 Å². The first-order chi connectivity index (χ1) is 9.79. The number of carbonyl (C=O) groups excluding carboxylic acids is 1. The lowest BCUT2D eigenvalue weighted by molar-refractivity contribution is -0.137. The minimum absolute atomic E-state index is 0.199. The largest absolute Gasteiger partial charge is 0.416 e. The van der Waals surface area contributed by atoms with E-state index in [1.165, 1.54) is 23.9 Å². The van der Waals surface area contributed by atoms with Crippen molar-refractivity contribution in [2.24, 2.45) is 5.92 Å². The van der Waals surface area contributed by atoms with E-state index in [9.17, 15) is 18.0 Å². The van der Waals surface area contributed by atoms with Crippen LogP contribution in [-0.2, 0) is 11.0 Å². The third kappa shape index (κ3) is 7.27. The van der Waals surface area contributed by atoms with Crippen LogP contribution in [0.5, 0.6) is 0 Å². The van der Waals surface area contributed by atoms with E-state index in [1.807, 2.05) is 0 Å². The van der Waals surface area contributed by atoms with E-state index in [0.717, 1.165) is 24.3 Å². The molecule has 0 aliphatic heterocycles. The highest BCUT2D eigenvalue weighted by molar-refractivity contribution is 7.99. The van der Waals surface area contributed by atoms with Crippen LogP contribution < -0.4 is 10.9 Å². The number of hydrogen-bond donors (Lipinski definition) is 2. The van der Waals surface area contributed by atoms with Crippen LogP contribution in [-0.4, -0.2) is 17.4 Å². The zero-order valence-corrected chi connectivity index (χ0v) is 12.8. The molecule has 1 aromatic carbocycles. The van der Waals surface area contributed by atoms with Gasteiger partial charge in [0, 0.05) is 0 Å². The first-order valence-electron chi connectivity index (χ1n) is 6.59. The lowest BCUT2D eigenvalue weighted by Gasteiger charge is -2.11. The Morgan fingerprint density at radius 1 is 1.33 bits per heavy atom. The highest BCUT2D eigenvalue weighted by Crippen LogP contribution is 2.30. The Kier molecular flexibility index (Phi) is 6.87. The first-order valence-corrected chi connectivity index (χ1v) is 7.74. The molecule has 0 radical (unpaired) electrons. The predicted molar refractivity (Wildman–Crippen MR) is 80.0 cm³/mol. The van der Waals surface area contributed by atoms with Gasteiger partial charge in [-0.05, 0) is 36.3 Å². The zero-order valence-electron chi connectivity index (χ0n) is 12.0. The van der Waals surface area contributed by atoms with Gasteiger partial charge in [0.25, 0.3) is 0 Å². The quantitative estimate of drug-likeness (QED) is 0.591. The van der Waals surface area contributed by atoms with E-state index in [4.69, 9.17) is 0 Å². The number of nitrogens with one attached hydrogen (secondary N) is 2. The fourth-order valence-electron chi connectivity index (χ4n) is 1.44. The first kappa shape index (κ1) is 17.7. The monoisotopic (exact) mass is 320 g/mol. The van der Waals surface area contributed by atoms with Gasteiger partial charge >= 0.3 is 6.18 Å². The molecule has 0 aliphatic carbocycles. The van der Waals surface area contributed by atoms with E-state index in [1.54, 1.807) is 0 Å². The van der Waals surface area contributed by atoms with Crippen LogP contribution in [0.2, 0.25) is 0 Å². The summed E-state index contributed by atoms with van der Waals surface area (Å²) in [7, 11) is 0. The molecule has 0 unspecified atom stereocenters. The second-order valence-electron chi connectivity index (χ2n) is 4.99. The summed E-state index contributed by atoms with van der Waals surface area (Å²) in [6, 6.07) is 4.68. The second kappa shape index (κ2) is 8.17. The van der Waals surface area contributed by atoms with Crippen molar-refractivity contribution >= 4 is 23.4 Å². The molecule has 1 aromatic rings. The van der Waals surface area contributed by atoms with Crippen LogP contribution >= 0.6 is 11.8 Å². The van der Waals surface area contributed by atoms with Gasteiger partial charge < -0.3 is 0 Å². The Morgan fingerprint density at radius 2 is 2.05 bits per heavy atom. The van der Waals surface area contributed by atoms with Crippen LogP contribution in [0.25, 0.3) is 0 Å². The molecule has 1 rings (SSSR count). The van der Waals surface area contributed by atoms with Crippen LogP contribution in [0.4, 0.5) is 18.9 Å². The van der Waals surface area contributed by atoms with E-state index in [2.05, 4.69) is 24.7 Å². The van der Waals surface area contributed by atoms with Gasteiger partial charge in [-0.2, -0.15) is 24.9 Å². The van der Waals surface area contributed by atoms with Gasteiger partial charge in [0.2, 0.25) is 5.91 Å². The van der Waals surface area contributed by atoms with E-state index in [0.29, 0.717) is 5.92 Å². The second-order valence-corrected chi connectivity index (χ2v) is 6.09. The fourth-order valence-corrected chi connectivity index (χ4v) is 2.48. The van der Waals surface area contributed by atoms with Crippen molar-refractivity contribution in [2.75, 3.05) is 16.9 Å². The smallest absolute Gasteiger partial charge is 0.299 e. The molecule has 0 heterocycles. The number of anilines is 1. The molecule has 0 bridgehead atoms. The average molecular weight is 320 g/mol. The van der Waals surface area contributed by atoms with Crippen molar-refractivity contribution in [3.8, 4) is 0 Å². The topological polar surface area (TPSA) is 41.1 Å². The number of rotatable bonds is 7. The van der Waals surface area contributed by atoms with E-state index >= 15 is 0 Å². The number of thioether (sulfide) groups is 1. The minimum Gasteiger partial charge on any atom is -0.299 e. The molecule has 0 fully saturated rings. The van der Waals surface area contributed by atoms with Crippen molar-refractivity contribution in [3.05, 3.63) is 29.8 Å². The summed E-state index contributed by atoms with van der Waals surface area (Å²) in [6.07, 6.45) is -3.37. The molecular formula is C14H19F3N2OS. The number of halogens is 3. The Morgan fingerprint density at radius 3 is 2.67 bits per heavy atom. The number of benzene rings is 1. The lowest BCUT2D eigenvalue weighted by Crippen LogP contribution is -2.31. The molecule has 118 valence electrons. The van der Waals surface area contributed by atoms with E-state index in [-0.39, 0.29) is 17.3 Å².